The highest BCUT2D eigenvalue weighted by atomic mass is 19.4. The Morgan fingerprint density at radius 2 is 1.89 bits per heavy atom. The van der Waals surface area contributed by atoms with Crippen LogP contribution in [0.4, 0.5) is 19.0 Å². The number of fused-ring (bicyclic) bond motifs is 4. The summed E-state index contributed by atoms with van der Waals surface area (Å²) in [7, 11) is 0. The summed E-state index contributed by atoms with van der Waals surface area (Å²) < 4.78 is 54.6. The fraction of sp³-hybridized carbons (Fsp3) is 0.424. The summed E-state index contributed by atoms with van der Waals surface area (Å²) >= 11 is 0. The van der Waals surface area contributed by atoms with Crippen molar-refractivity contribution < 1.29 is 32.2 Å². The predicted octanol–water partition coefficient (Wildman–Crippen LogP) is 5.75. The number of ether oxygens (including phenoxy) is 2. The number of aromatic nitrogens is 1. The van der Waals surface area contributed by atoms with Crippen LogP contribution < -0.4 is 25.4 Å². The molecule has 44 heavy (non-hydrogen) atoms. The average molecular weight is 607 g/mol. The molecule has 0 bridgehead atoms. The number of hydrogen-bond acceptors (Lipinski definition) is 6. The third-order valence-electron chi connectivity index (χ3n) is 9.08. The number of alkyl halides is 3. The monoisotopic (exact) mass is 606 g/mol. The molecule has 230 valence electrons. The highest BCUT2D eigenvalue weighted by molar-refractivity contribution is 5.95. The molecule has 2 unspecified atom stereocenters. The van der Waals surface area contributed by atoms with Gasteiger partial charge in [0.25, 0.3) is 5.91 Å². The molecule has 7 rings (SSSR count). The van der Waals surface area contributed by atoms with Crippen LogP contribution in [0.5, 0.6) is 17.2 Å². The smallest absolute Gasteiger partial charge is 0.416 e. The fourth-order valence-corrected chi connectivity index (χ4v) is 7.15. The van der Waals surface area contributed by atoms with Crippen molar-refractivity contribution in [3.8, 4) is 17.2 Å². The van der Waals surface area contributed by atoms with Gasteiger partial charge in [-0.3, -0.25) is 9.59 Å². The van der Waals surface area contributed by atoms with E-state index in [9.17, 15) is 22.8 Å². The number of carbonyl (C=O) groups is 2. The Morgan fingerprint density at radius 3 is 2.66 bits per heavy atom. The van der Waals surface area contributed by atoms with Gasteiger partial charge in [-0.25, -0.2) is 4.98 Å². The Bertz CT molecular complexity index is 1630. The maximum absolute atomic E-state index is 14.1. The first-order valence-corrected chi connectivity index (χ1v) is 15.1. The number of benzene rings is 2. The first-order chi connectivity index (χ1) is 21.0. The molecule has 1 saturated carbocycles. The van der Waals surface area contributed by atoms with Crippen molar-refractivity contribution in [2.45, 2.75) is 82.3 Å². The molecule has 2 amide bonds. The predicted molar refractivity (Wildman–Crippen MR) is 156 cm³/mol. The summed E-state index contributed by atoms with van der Waals surface area (Å²) in [6, 6.07) is 11.3. The van der Waals surface area contributed by atoms with Crippen LogP contribution in [0.15, 0.2) is 48.7 Å². The van der Waals surface area contributed by atoms with Crippen molar-refractivity contribution in [3.63, 3.8) is 0 Å². The van der Waals surface area contributed by atoms with Crippen molar-refractivity contribution in [2.24, 2.45) is 5.92 Å². The minimum absolute atomic E-state index is 0.0232. The number of halogens is 3. The molecule has 3 aromatic rings. The minimum Gasteiger partial charge on any atom is -0.487 e. The van der Waals surface area contributed by atoms with Crippen LogP contribution in [0.2, 0.25) is 0 Å². The van der Waals surface area contributed by atoms with Gasteiger partial charge in [0.05, 0.1) is 17.5 Å². The van der Waals surface area contributed by atoms with Crippen LogP contribution in [0.1, 0.15) is 71.6 Å². The molecule has 3 N–H and O–H groups in total. The number of anilines is 1. The molecule has 4 aliphatic rings. The summed E-state index contributed by atoms with van der Waals surface area (Å²) in [6.45, 7) is 4.11. The molecular formula is C33H33F3N4O4. The summed E-state index contributed by atoms with van der Waals surface area (Å²) in [4.78, 5) is 29.1. The number of piperidine rings is 1. The van der Waals surface area contributed by atoms with Gasteiger partial charge < -0.3 is 25.4 Å². The standard InChI is InChI=1S/C33H33F3N4O4/c1-16-11-18(12-17(2)38-16)13-19-3-4-20(14-24(19)33(34,35)36)32(42)40-29-28-23-15-21(5-7-25(23)44-30(28)29)43-26-9-10-37-31-22(26)6-8-27(41)39-31/h3-5,7,9-10,14-18,28-30,38H,6,8,11-13H2,1-2H3,(H,40,42)(H,37,39,41)/t16?,17?,18?,28-,29+,30-/m0/s1. The van der Waals surface area contributed by atoms with E-state index in [0.29, 0.717) is 42.3 Å². The van der Waals surface area contributed by atoms with Gasteiger partial charge in [-0.1, -0.05) is 6.07 Å². The van der Waals surface area contributed by atoms with Crippen molar-refractivity contribution >= 4 is 17.6 Å². The third kappa shape index (κ3) is 5.49. The maximum Gasteiger partial charge on any atom is 0.416 e. The lowest BCUT2D eigenvalue weighted by atomic mass is 9.83. The molecule has 8 nitrogen and oxygen atoms in total. The second-order valence-corrected chi connectivity index (χ2v) is 12.5. The first-order valence-electron chi connectivity index (χ1n) is 15.1. The van der Waals surface area contributed by atoms with Crippen molar-refractivity contribution in [1.82, 2.24) is 15.6 Å². The molecule has 5 atom stereocenters. The zero-order valence-electron chi connectivity index (χ0n) is 24.3. The van der Waals surface area contributed by atoms with Gasteiger partial charge in [0.2, 0.25) is 5.91 Å². The summed E-state index contributed by atoms with van der Waals surface area (Å²) in [5.41, 5.74) is 1.14. The molecule has 3 aliphatic heterocycles. The molecule has 1 saturated heterocycles. The number of nitrogens with one attached hydrogen (secondary N) is 3. The lowest BCUT2D eigenvalue weighted by Crippen LogP contribution is -2.42. The number of nitrogens with zero attached hydrogens (tertiary/aromatic N) is 1. The Kier molecular flexibility index (Phi) is 7.03. The van der Waals surface area contributed by atoms with Gasteiger partial charge in [-0.15, -0.1) is 0 Å². The Hall–Kier alpha value is -4.12. The lowest BCUT2D eigenvalue weighted by Gasteiger charge is -2.33. The topological polar surface area (TPSA) is 102 Å². The zero-order chi connectivity index (χ0) is 30.7. The van der Waals surface area contributed by atoms with Gasteiger partial charge in [-0.05, 0) is 87.4 Å². The quantitative estimate of drug-likeness (QED) is 0.330. The maximum atomic E-state index is 14.1. The van der Waals surface area contributed by atoms with E-state index in [2.05, 4.69) is 34.8 Å². The van der Waals surface area contributed by atoms with Gasteiger partial charge in [0, 0.05) is 41.4 Å². The molecule has 2 aromatic carbocycles. The van der Waals surface area contributed by atoms with E-state index in [1.807, 2.05) is 12.1 Å². The Morgan fingerprint density at radius 1 is 1.09 bits per heavy atom. The molecule has 1 aliphatic carbocycles. The molecule has 1 aromatic heterocycles. The van der Waals surface area contributed by atoms with Crippen molar-refractivity contribution in [2.75, 3.05) is 5.32 Å². The van der Waals surface area contributed by atoms with E-state index in [1.54, 1.807) is 18.3 Å². The van der Waals surface area contributed by atoms with Gasteiger partial charge in [-0.2, -0.15) is 13.2 Å². The Labute approximate surface area is 252 Å². The third-order valence-corrected chi connectivity index (χ3v) is 9.08. The molecule has 0 spiro atoms. The minimum atomic E-state index is -4.57. The second-order valence-electron chi connectivity index (χ2n) is 12.5. The largest absolute Gasteiger partial charge is 0.487 e. The number of rotatable bonds is 6. The number of hydrogen-bond donors (Lipinski definition) is 3. The first kappa shape index (κ1) is 28.6. The van der Waals surface area contributed by atoms with Crippen molar-refractivity contribution in [1.29, 1.82) is 0 Å². The van der Waals surface area contributed by atoms with Crippen LogP contribution in [-0.4, -0.2) is 41.0 Å². The van der Waals surface area contributed by atoms with E-state index >= 15 is 0 Å². The summed E-state index contributed by atoms with van der Waals surface area (Å²) in [5, 5.41) is 9.08. The van der Waals surface area contributed by atoms with E-state index in [4.69, 9.17) is 9.47 Å². The zero-order valence-corrected chi connectivity index (χ0v) is 24.3. The van der Waals surface area contributed by atoms with Gasteiger partial charge >= 0.3 is 6.18 Å². The Balaban J connectivity index is 1.04. The van der Waals surface area contributed by atoms with Gasteiger partial charge in [0.1, 0.15) is 29.2 Å². The van der Waals surface area contributed by atoms with E-state index < -0.39 is 17.6 Å². The summed E-state index contributed by atoms with van der Waals surface area (Å²) in [5.74, 6) is 1.71. The normalized spacial score (nSPS) is 26.9. The molecule has 2 fully saturated rings. The fourth-order valence-electron chi connectivity index (χ4n) is 7.15. The van der Waals surface area contributed by atoms with E-state index in [0.717, 1.165) is 30.0 Å². The van der Waals surface area contributed by atoms with Crippen LogP contribution in [0.3, 0.4) is 0 Å². The van der Waals surface area contributed by atoms with Gasteiger partial charge in [0.15, 0.2) is 0 Å². The SMILES string of the molecule is CC1CC(Cc2ccc(C(=O)N[C@H]3[C@H]4Oc5ccc(Oc6ccnc7c6CCC(=O)N7)cc5[C@@H]34)cc2C(F)(F)F)CC(C)N1. The molecule has 11 heteroatoms. The van der Waals surface area contributed by atoms with Crippen LogP contribution in [-0.2, 0) is 23.8 Å². The molecule has 4 heterocycles. The van der Waals surface area contributed by atoms with Crippen LogP contribution in [0.25, 0.3) is 0 Å². The van der Waals surface area contributed by atoms with E-state index in [1.165, 1.54) is 12.1 Å². The highest BCUT2D eigenvalue weighted by Gasteiger charge is 2.59. The molecular weight excluding hydrogens is 573 g/mol. The number of pyridine rings is 1. The summed E-state index contributed by atoms with van der Waals surface area (Å²) in [6.07, 6.45) is -0.470. The highest BCUT2D eigenvalue weighted by Crippen LogP contribution is 2.54. The van der Waals surface area contributed by atoms with Crippen LogP contribution >= 0.6 is 0 Å². The van der Waals surface area contributed by atoms with Crippen LogP contribution in [0, 0.1) is 5.92 Å². The average Bonchev–Trinajstić information content (AvgIpc) is 3.48. The number of amides is 2. The lowest BCUT2D eigenvalue weighted by molar-refractivity contribution is -0.138. The molecule has 0 radical (unpaired) electrons. The van der Waals surface area contributed by atoms with E-state index in [-0.39, 0.29) is 53.1 Å². The number of carbonyl (C=O) groups excluding carboxylic acids is 2. The van der Waals surface area contributed by atoms with Crippen molar-refractivity contribution in [3.05, 3.63) is 76.5 Å². The second kappa shape index (κ2) is 10.8.